The van der Waals surface area contributed by atoms with Crippen LogP contribution in [-0.2, 0) is 4.79 Å². The summed E-state index contributed by atoms with van der Waals surface area (Å²) in [5.74, 6) is 0.535. The lowest BCUT2D eigenvalue weighted by Gasteiger charge is -2.32. The molecule has 1 N–H and O–H groups in total. The number of anilines is 2. The van der Waals surface area contributed by atoms with E-state index in [2.05, 4.69) is 15.5 Å². The normalized spacial score (nSPS) is 15.7. The molecule has 1 unspecified atom stereocenters. The Hall–Kier alpha value is -3.72. The maximum atomic E-state index is 13.0. The van der Waals surface area contributed by atoms with Crippen LogP contribution in [-0.4, -0.2) is 41.2 Å². The lowest BCUT2D eigenvalue weighted by atomic mass is 9.97. The number of hydrogen-bond acceptors (Lipinski definition) is 7. The molecule has 1 amide bonds. The first-order valence-electron chi connectivity index (χ1n) is 10.4. The monoisotopic (exact) mass is 467 g/mol. The molecule has 3 aromatic rings. The number of amides is 1. The molecule has 1 saturated heterocycles. The fourth-order valence-corrected chi connectivity index (χ4v) is 3.94. The Morgan fingerprint density at radius 3 is 2.64 bits per heavy atom. The van der Waals surface area contributed by atoms with Crippen molar-refractivity contribution in [3.8, 4) is 17.0 Å². The van der Waals surface area contributed by atoms with Crippen LogP contribution in [0, 0.1) is 16.0 Å². The molecule has 4 rings (SSSR count). The van der Waals surface area contributed by atoms with Gasteiger partial charge < -0.3 is 15.0 Å². The molecule has 1 aromatic heterocycles. The highest BCUT2D eigenvalue weighted by Crippen LogP contribution is 2.30. The summed E-state index contributed by atoms with van der Waals surface area (Å²) in [4.78, 5) is 25.6. The Labute approximate surface area is 195 Å². The molecule has 0 aliphatic carbocycles. The maximum Gasteiger partial charge on any atom is 0.271 e. The number of non-ortho nitro benzene ring substituents is 1. The Kier molecular flexibility index (Phi) is 6.69. The number of hydrogen-bond donors (Lipinski definition) is 1. The number of nitro groups is 1. The van der Waals surface area contributed by atoms with Gasteiger partial charge in [0.1, 0.15) is 5.75 Å². The highest BCUT2D eigenvalue weighted by Gasteiger charge is 2.28. The Morgan fingerprint density at radius 1 is 1.18 bits per heavy atom. The van der Waals surface area contributed by atoms with Gasteiger partial charge in [-0.3, -0.25) is 14.9 Å². The van der Waals surface area contributed by atoms with E-state index in [-0.39, 0.29) is 23.2 Å². The number of piperidine rings is 1. The number of aromatic nitrogens is 2. The minimum Gasteiger partial charge on any atom is -0.495 e. The van der Waals surface area contributed by atoms with Gasteiger partial charge in [-0.15, -0.1) is 10.2 Å². The number of benzene rings is 2. The van der Waals surface area contributed by atoms with Crippen molar-refractivity contribution >= 4 is 34.7 Å². The molecule has 1 fully saturated rings. The molecule has 0 saturated carbocycles. The average Bonchev–Trinajstić information content (AvgIpc) is 2.84. The predicted molar refractivity (Wildman–Crippen MR) is 126 cm³/mol. The highest BCUT2D eigenvalue weighted by molar-refractivity contribution is 6.30. The van der Waals surface area contributed by atoms with Gasteiger partial charge in [-0.25, -0.2) is 0 Å². The number of nitrogens with one attached hydrogen (secondary N) is 1. The van der Waals surface area contributed by atoms with Gasteiger partial charge in [0.05, 0.1) is 29.3 Å². The van der Waals surface area contributed by atoms with Gasteiger partial charge >= 0.3 is 0 Å². The van der Waals surface area contributed by atoms with Gasteiger partial charge in [0.2, 0.25) is 5.91 Å². The molecule has 1 atom stereocenters. The summed E-state index contributed by atoms with van der Waals surface area (Å²) in [6, 6.07) is 15.3. The van der Waals surface area contributed by atoms with Gasteiger partial charge in [0.25, 0.3) is 5.69 Å². The van der Waals surface area contributed by atoms with E-state index in [0.717, 1.165) is 24.2 Å². The Bertz CT molecular complexity index is 1150. The van der Waals surface area contributed by atoms with Crippen LogP contribution in [0.15, 0.2) is 54.6 Å². The highest BCUT2D eigenvalue weighted by atomic mass is 35.5. The standard InChI is InChI=1S/C23H22ClN5O4/c1-33-21-10-8-18(29(31)32)13-20(21)25-23(30)16-3-2-12-28(14-16)22-11-9-19(26-27-22)15-4-6-17(24)7-5-15/h4-11,13,16H,2-3,12,14H2,1H3,(H,25,30). The van der Waals surface area contributed by atoms with Crippen LogP contribution >= 0.6 is 11.6 Å². The quantitative estimate of drug-likeness (QED) is 0.417. The summed E-state index contributed by atoms with van der Waals surface area (Å²) in [5, 5.41) is 23.2. The first kappa shape index (κ1) is 22.5. The molecule has 33 heavy (non-hydrogen) atoms. The molecular weight excluding hydrogens is 446 g/mol. The molecule has 10 heteroatoms. The van der Waals surface area contributed by atoms with Crippen molar-refractivity contribution in [3.05, 3.63) is 69.7 Å². The number of nitro benzene ring substituents is 1. The SMILES string of the molecule is COc1ccc([N+](=O)[O-])cc1NC(=O)C1CCCN(c2ccc(-c3ccc(Cl)cc3)nn2)C1. The van der Waals surface area contributed by atoms with Crippen molar-refractivity contribution in [2.75, 3.05) is 30.4 Å². The van der Waals surface area contributed by atoms with Crippen LogP contribution in [0.3, 0.4) is 0 Å². The molecule has 9 nitrogen and oxygen atoms in total. The van der Waals surface area contributed by atoms with Crippen molar-refractivity contribution in [2.45, 2.75) is 12.8 Å². The molecule has 1 aliphatic heterocycles. The van der Waals surface area contributed by atoms with Crippen LogP contribution in [0.5, 0.6) is 5.75 Å². The van der Waals surface area contributed by atoms with Crippen molar-refractivity contribution in [3.63, 3.8) is 0 Å². The first-order valence-corrected chi connectivity index (χ1v) is 10.8. The molecule has 2 heterocycles. The third-order valence-corrected chi connectivity index (χ3v) is 5.81. The summed E-state index contributed by atoms with van der Waals surface area (Å²) in [6.45, 7) is 1.23. The summed E-state index contributed by atoms with van der Waals surface area (Å²) < 4.78 is 5.24. The van der Waals surface area contributed by atoms with Crippen molar-refractivity contribution in [1.82, 2.24) is 10.2 Å². The topological polar surface area (TPSA) is 110 Å². The van der Waals surface area contributed by atoms with Crippen LogP contribution in [0.1, 0.15) is 12.8 Å². The molecule has 170 valence electrons. The fourth-order valence-electron chi connectivity index (χ4n) is 3.81. The number of nitrogens with zero attached hydrogens (tertiary/aromatic N) is 4. The van der Waals surface area contributed by atoms with Crippen molar-refractivity contribution in [1.29, 1.82) is 0 Å². The smallest absolute Gasteiger partial charge is 0.271 e. The van der Waals surface area contributed by atoms with E-state index in [9.17, 15) is 14.9 Å². The van der Waals surface area contributed by atoms with E-state index < -0.39 is 4.92 Å². The van der Waals surface area contributed by atoms with Gasteiger partial charge in [-0.1, -0.05) is 23.7 Å². The first-order chi connectivity index (χ1) is 15.9. The van der Waals surface area contributed by atoms with E-state index in [0.29, 0.717) is 29.6 Å². The van der Waals surface area contributed by atoms with E-state index in [4.69, 9.17) is 16.3 Å². The lowest BCUT2D eigenvalue weighted by Crippen LogP contribution is -2.41. The second-order valence-electron chi connectivity index (χ2n) is 7.70. The van der Waals surface area contributed by atoms with Crippen LogP contribution in [0.4, 0.5) is 17.2 Å². The third-order valence-electron chi connectivity index (χ3n) is 5.56. The van der Waals surface area contributed by atoms with E-state index in [1.54, 1.807) is 12.1 Å². The minimum atomic E-state index is -0.510. The number of rotatable bonds is 6. The summed E-state index contributed by atoms with van der Waals surface area (Å²) in [6.07, 6.45) is 1.51. The number of ether oxygens (including phenoxy) is 1. The number of halogens is 1. The molecule has 1 aliphatic rings. The van der Waals surface area contributed by atoms with Crippen LogP contribution in [0.2, 0.25) is 5.02 Å². The molecule has 2 aromatic carbocycles. The molecule has 0 radical (unpaired) electrons. The zero-order valence-corrected chi connectivity index (χ0v) is 18.7. The molecule has 0 spiro atoms. The van der Waals surface area contributed by atoms with E-state index in [1.807, 2.05) is 29.2 Å². The van der Waals surface area contributed by atoms with Gasteiger partial charge in [-0.2, -0.15) is 0 Å². The lowest BCUT2D eigenvalue weighted by molar-refractivity contribution is -0.384. The Balaban J connectivity index is 1.45. The van der Waals surface area contributed by atoms with Crippen LogP contribution in [0.25, 0.3) is 11.3 Å². The average molecular weight is 468 g/mol. The minimum absolute atomic E-state index is 0.118. The Morgan fingerprint density at radius 2 is 1.97 bits per heavy atom. The molecule has 0 bridgehead atoms. The van der Waals surface area contributed by atoms with Crippen LogP contribution < -0.4 is 15.0 Å². The van der Waals surface area contributed by atoms with Gasteiger partial charge in [0.15, 0.2) is 5.82 Å². The predicted octanol–water partition coefficient (Wildman–Crippen LogP) is 4.57. The number of carbonyl (C=O) groups excluding carboxylic acids is 1. The second kappa shape index (κ2) is 9.83. The van der Waals surface area contributed by atoms with Crippen molar-refractivity contribution < 1.29 is 14.5 Å². The maximum absolute atomic E-state index is 13.0. The largest absolute Gasteiger partial charge is 0.495 e. The zero-order chi connectivity index (χ0) is 23.4. The van der Waals surface area contributed by atoms with E-state index >= 15 is 0 Å². The number of carbonyl (C=O) groups is 1. The fraction of sp³-hybridized carbons (Fsp3) is 0.261. The van der Waals surface area contributed by atoms with E-state index in [1.165, 1.54) is 25.3 Å². The summed E-state index contributed by atoms with van der Waals surface area (Å²) in [5.41, 5.74) is 1.81. The summed E-state index contributed by atoms with van der Waals surface area (Å²) in [7, 11) is 1.45. The summed E-state index contributed by atoms with van der Waals surface area (Å²) >= 11 is 5.94. The zero-order valence-electron chi connectivity index (χ0n) is 17.9. The number of methoxy groups -OCH3 is 1. The van der Waals surface area contributed by atoms with Gasteiger partial charge in [-0.05, 0) is 43.2 Å². The third kappa shape index (κ3) is 5.20. The second-order valence-corrected chi connectivity index (χ2v) is 8.14. The van der Waals surface area contributed by atoms with Gasteiger partial charge in [0, 0.05) is 35.8 Å². The van der Waals surface area contributed by atoms with Crippen molar-refractivity contribution in [2.24, 2.45) is 5.92 Å². The molecular formula is C23H22ClN5O4.